The SMILES string of the molecule is CCCC1CCC(C2CCC(C(F)(F)Oc3cc(F)c(F)c(F)c3)C(=O)C2)CC1. The van der Waals surface area contributed by atoms with Gasteiger partial charge < -0.3 is 4.74 Å². The van der Waals surface area contributed by atoms with E-state index in [4.69, 9.17) is 0 Å². The third-order valence-electron chi connectivity index (χ3n) is 6.55. The molecule has 1 aromatic carbocycles. The van der Waals surface area contributed by atoms with E-state index in [0.29, 0.717) is 24.5 Å². The Balaban J connectivity index is 1.59. The third kappa shape index (κ3) is 5.10. The highest BCUT2D eigenvalue weighted by molar-refractivity contribution is 5.82. The van der Waals surface area contributed by atoms with Crippen molar-refractivity contribution in [3.8, 4) is 5.75 Å². The van der Waals surface area contributed by atoms with Gasteiger partial charge >= 0.3 is 6.11 Å². The second kappa shape index (κ2) is 9.00. The highest BCUT2D eigenvalue weighted by Crippen LogP contribution is 2.44. The van der Waals surface area contributed by atoms with E-state index in [1.165, 1.54) is 6.42 Å². The topological polar surface area (TPSA) is 26.3 Å². The summed E-state index contributed by atoms with van der Waals surface area (Å²) in [6.45, 7) is 2.17. The van der Waals surface area contributed by atoms with Gasteiger partial charge in [-0.3, -0.25) is 4.79 Å². The quantitative estimate of drug-likeness (QED) is 0.381. The van der Waals surface area contributed by atoms with Crippen LogP contribution in [0.4, 0.5) is 22.0 Å². The van der Waals surface area contributed by atoms with Crippen molar-refractivity contribution < 1.29 is 31.5 Å². The molecule has 0 aromatic heterocycles. The summed E-state index contributed by atoms with van der Waals surface area (Å²) in [5.74, 6) is -6.84. The molecule has 29 heavy (non-hydrogen) atoms. The fourth-order valence-electron chi connectivity index (χ4n) is 4.98. The van der Waals surface area contributed by atoms with Gasteiger partial charge in [0.2, 0.25) is 0 Å². The number of hydrogen-bond acceptors (Lipinski definition) is 2. The Morgan fingerprint density at radius 3 is 2.10 bits per heavy atom. The summed E-state index contributed by atoms with van der Waals surface area (Å²) in [5.41, 5.74) is 0. The average Bonchev–Trinajstić information content (AvgIpc) is 2.66. The summed E-state index contributed by atoms with van der Waals surface area (Å²) in [4.78, 5) is 12.5. The molecular formula is C22H27F5O2. The highest BCUT2D eigenvalue weighted by atomic mass is 19.3. The lowest BCUT2D eigenvalue weighted by Gasteiger charge is -2.38. The summed E-state index contributed by atoms with van der Waals surface area (Å²) < 4.78 is 73.0. The number of halogens is 5. The Morgan fingerprint density at radius 2 is 1.55 bits per heavy atom. The normalized spacial score (nSPS) is 28.4. The average molecular weight is 418 g/mol. The van der Waals surface area contributed by atoms with E-state index in [1.54, 1.807) is 0 Å². The van der Waals surface area contributed by atoms with Crippen LogP contribution in [0.1, 0.15) is 64.7 Å². The van der Waals surface area contributed by atoms with Crippen molar-refractivity contribution in [1.82, 2.24) is 0 Å². The van der Waals surface area contributed by atoms with E-state index in [9.17, 15) is 26.7 Å². The van der Waals surface area contributed by atoms with Crippen LogP contribution in [0, 0.1) is 41.1 Å². The number of rotatable bonds is 6. The maximum absolute atomic E-state index is 14.5. The lowest BCUT2D eigenvalue weighted by molar-refractivity contribution is -0.219. The van der Waals surface area contributed by atoms with Gasteiger partial charge in [0, 0.05) is 18.6 Å². The van der Waals surface area contributed by atoms with Crippen LogP contribution in [0.25, 0.3) is 0 Å². The molecule has 162 valence electrons. The number of carbonyl (C=O) groups is 1. The summed E-state index contributed by atoms with van der Waals surface area (Å²) in [6.07, 6.45) is 3.37. The molecule has 2 aliphatic rings. The zero-order valence-electron chi connectivity index (χ0n) is 16.5. The van der Waals surface area contributed by atoms with Crippen molar-refractivity contribution in [2.45, 2.75) is 70.8 Å². The zero-order chi connectivity index (χ0) is 21.2. The molecule has 0 aliphatic heterocycles. The molecule has 0 N–H and O–H groups in total. The number of ether oxygens (including phenoxy) is 1. The molecular weight excluding hydrogens is 391 g/mol. The van der Waals surface area contributed by atoms with Crippen LogP contribution in [0.15, 0.2) is 12.1 Å². The molecule has 0 radical (unpaired) electrons. The van der Waals surface area contributed by atoms with Crippen molar-refractivity contribution in [2.24, 2.45) is 23.7 Å². The molecule has 1 aromatic rings. The minimum atomic E-state index is -3.91. The van der Waals surface area contributed by atoms with E-state index in [0.717, 1.165) is 38.0 Å². The lowest BCUT2D eigenvalue weighted by Crippen LogP contribution is -2.44. The molecule has 0 heterocycles. The molecule has 0 saturated heterocycles. The molecule has 0 bridgehead atoms. The fraction of sp³-hybridized carbons (Fsp3) is 0.682. The number of carbonyl (C=O) groups excluding carboxylic acids is 1. The van der Waals surface area contributed by atoms with E-state index < -0.39 is 41.0 Å². The summed E-state index contributed by atoms with van der Waals surface area (Å²) in [6, 6.07) is 0.717. The van der Waals surface area contributed by atoms with Gasteiger partial charge in [-0.1, -0.05) is 32.6 Å². The van der Waals surface area contributed by atoms with Crippen LogP contribution < -0.4 is 4.74 Å². The molecule has 2 nitrogen and oxygen atoms in total. The van der Waals surface area contributed by atoms with Crippen molar-refractivity contribution in [3.05, 3.63) is 29.6 Å². The van der Waals surface area contributed by atoms with Crippen molar-refractivity contribution in [1.29, 1.82) is 0 Å². The minimum Gasteiger partial charge on any atom is -0.432 e. The van der Waals surface area contributed by atoms with E-state index in [1.807, 2.05) is 0 Å². The van der Waals surface area contributed by atoms with Crippen LogP contribution in [-0.4, -0.2) is 11.9 Å². The van der Waals surface area contributed by atoms with Gasteiger partial charge in [0.25, 0.3) is 0 Å². The van der Waals surface area contributed by atoms with Gasteiger partial charge in [0.15, 0.2) is 17.5 Å². The largest absolute Gasteiger partial charge is 0.432 e. The standard InChI is InChI=1S/C22H27F5O2/c1-2-3-13-4-6-14(7-5-13)15-8-9-17(20(28)10-15)22(26,27)29-16-11-18(23)21(25)19(24)12-16/h11-15,17H,2-10H2,1H3. The van der Waals surface area contributed by atoms with Gasteiger partial charge in [0.05, 0.1) is 0 Å². The maximum Gasteiger partial charge on any atom is 0.407 e. The number of Topliss-reactive ketones (excluding diaryl/α,β-unsaturated/α-hetero) is 1. The molecule has 3 rings (SSSR count). The number of hydrogen-bond donors (Lipinski definition) is 0. The number of benzene rings is 1. The first-order chi connectivity index (χ1) is 13.7. The van der Waals surface area contributed by atoms with Crippen LogP contribution in [-0.2, 0) is 4.79 Å². The van der Waals surface area contributed by atoms with Crippen molar-refractivity contribution >= 4 is 5.78 Å². The smallest absolute Gasteiger partial charge is 0.407 e. The number of ketones is 1. The third-order valence-corrected chi connectivity index (χ3v) is 6.55. The second-order valence-corrected chi connectivity index (χ2v) is 8.49. The highest BCUT2D eigenvalue weighted by Gasteiger charge is 2.50. The molecule has 2 saturated carbocycles. The molecule has 2 aliphatic carbocycles. The zero-order valence-corrected chi connectivity index (χ0v) is 16.5. The Morgan fingerprint density at radius 1 is 0.966 bits per heavy atom. The van der Waals surface area contributed by atoms with Gasteiger partial charge in [-0.05, 0) is 43.4 Å². The van der Waals surface area contributed by atoms with E-state index in [-0.39, 0.29) is 18.8 Å². The van der Waals surface area contributed by atoms with Gasteiger partial charge in [-0.25, -0.2) is 13.2 Å². The minimum absolute atomic E-state index is 0.0302. The van der Waals surface area contributed by atoms with E-state index >= 15 is 0 Å². The molecule has 2 fully saturated rings. The van der Waals surface area contributed by atoms with Crippen LogP contribution in [0.2, 0.25) is 0 Å². The first kappa shape index (κ1) is 22.0. The fourth-order valence-corrected chi connectivity index (χ4v) is 4.98. The molecule has 2 unspecified atom stereocenters. The van der Waals surface area contributed by atoms with Crippen LogP contribution >= 0.6 is 0 Å². The van der Waals surface area contributed by atoms with Crippen LogP contribution in [0.5, 0.6) is 5.75 Å². The summed E-state index contributed by atoms with van der Waals surface area (Å²) in [5, 5.41) is 0. The Hall–Kier alpha value is -1.66. The molecule has 0 amide bonds. The second-order valence-electron chi connectivity index (χ2n) is 8.49. The first-order valence-electron chi connectivity index (χ1n) is 10.4. The Kier molecular flexibility index (Phi) is 6.84. The monoisotopic (exact) mass is 418 g/mol. The molecule has 0 spiro atoms. The number of alkyl halides is 2. The van der Waals surface area contributed by atoms with Gasteiger partial charge in [-0.15, -0.1) is 0 Å². The predicted molar refractivity (Wildman–Crippen MR) is 98.1 cm³/mol. The lowest BCUT2D eigenvalue weighted by atomic mass is 9.68. The van der Waals surface area contributed by atoms with Crippen LogP contribution in [0.3, 0.4) is 0 Å². The van der Waals surface area contributed by atoms with E-state index in [2.05, 4.69) is 11.7 Å². The van der Waals surface area contributed by atoms with Crippen molar-refractivity contribution in [3.63, 3.8) is 0 Å². The Bertz CT molecular complexity index is 705. The molecule has 2 atom stereocenters. The molecule has 7 heteroatoms. The Labute approximate surface area is 167 Å². The summed E-state index contributed by atoms with van der Waals surface area (Å²) >= 11 is 0. The first-order valence-corrected chi connectivity index (χ1v) is 10.4. The maximum atomic E-state index is 14.5. The van der Waals surface area contributed by atoms with Gasteiger partial charge in [-0.2, -0.15) is 8.78 Å². The predicted octanol–water partition coefficient (Wildman–Crippen LogP) is 6.67. The van der Waals surface area contributed by atoms with Gasteiger partial charge in [0.1, 0.15) is 17.5 Å². The van der Waals surface area contributed by atoms with Crippen molar-refractivity contribution in [2.75, 3.05) is 0 Å². The summed E-state index contributed by atoms with van der Waals surface area (Å²) in [7, 11) is 0.